The molecule has 0 unspecified atom stereocenters. The minimum Gasteiger partial charge on any atom is -0.493 e. The molecule has 0 saturated carbocycles. The molecule has 0 saturated heterocycles. The number of methoxy groups -OCH3 is 2. The van der Waals surface area contributed by atoms with E-state index in [0.717, 1.165) is 11.1 Å². The second kappa shape index (κ2) is 8.84. The second-order valence-corrected chi connectivity index (χ2v) is 8.97. The van der Waals surface area contributed by atoms with Crippen LogP contribution in [0.4, 0.5) is 5.69 Å². The first-order chi connectivity index (χ1) is 13.9. The summed E-state index contributed by atoms with van der Waals surface area (Å²) in [6.45, 7) is 2.67. The lowest BCUT2D eigenvalue weighted by Crippen LogP contribution is -2.37. The maximum absolute atomic E-state index is 12.8. The molecule has 2 aromatic rings. The van der Waals surface area contributed by atoms with Crippen molar-refractivity contribution >= 4 is 21.6 Å². The Labute approximate surface area is 171 Å². The number of nitrogens with zero attached hydrogens (tertiary/aromatic N) is 1. The van der Waals surface area contributed by atoms with Crippen molar-refractivity contribution in [2.45, 2.75) is 26.3 Å². The topological polar surface area (TPSA) is 84.9 Å². The van der Waals surface area contributed by atoms with E-state index in [-0.39, 0.29) is 11.7 Å². The Kier molecular flexibility index (Phi) is 6.44. The lowest BCUT2D eigenvalue weighted by atomic mass is 10.0. The molecule has 0 fully saturated rings. The summed E-state index contributed by atoms with van der Waals surface area (Å²) >= 11 is 0. The first-order valence-electron chi connectivity index (χ1n) is 9.51. The summed E-state index contributed by atoms with van der Waals surface area (Å²) in [5.74, 6) is 0.658. The fourth-order valence-electron chi connectivity index (χ4n) is 3.50. The number of rotatable bonds is 7. The van der Waals surface area contributed by atoms with E-state index in [2.05, 4.69) is 5.32 Å². The second-order valence-electron chi connectivity index (χ2n) is 6.88. The minimum absolute atomic E-state index is 0.147. The summed E-state index contributed by atoms with van der Waals surface area (Å²) in [6, 6.07) is 10.7. The predicted molar refractivity (Wildman–Crippen MR) is 112 cm³/mol. The van der Waals surface area contributed by atoms with Crippen LogP contribution in [-0.2, 0) is 23.0 Å². The first kappa shape index (κ1) is 21.1. The molecule has 2 aromatic carbocycles. The van der Waals surface area contributed by atoms with Gasteiger partial charge in [0.1, 0.15) is 0 Å². The average Bonchev–Trinajstić information content (AvgIpc) is 2.72. The molecule has 0 aromatic heterocycles. The zero-order valence-electron chi connectivity index (χ0n) is 16.9. The fraction of sp³-hybridized carbons (Fsp3) is 0.381. The van der Waals surface area contributed by atoms with Gasteiger partial charge in [-0.3, -0.25) is 4.79 Å². The number of para-hydroxylation sites is 1. The molecule has 3 rings (SSSR count). The molecule has 0 atom stereocenters. The van der Waals surface area contributed by atoms with Crippen LogP contribution in [0.25, 0.3) is 0 Å². The van der Waals surface area contributed by atoms with E-state index in [9.17, 15) is 13.2 Å². The van der Waals surface area contributed by atoms with Gasteiger partial charge in [0.15, 0.2) is 11.5 Å². The van der Waals surface area contributed by atoms with Crippen molar-refractivity contribution < 1.29 is 22.7 Å². The zero-order chi connectivity index (χ0) is 21.0. The molecular formula is C21H26N2O5S. The molecule has 156 valence electrons. The van der Waals surface area contributed by atoms with Crippen LogP contribution in [0.3, 0.4) is 0 Å². The third kappa shape index (κ3) is 4.54. The van der Waals surface area contributed by atoms with Crippen molar-refractivity contribution in [1.82, 2.24) is 4.31 Å². The fourth-order valence-corrected chi connectivity index (χ4v) is 4.98. The molecule has 1 aliphatic heterocycles. The summed E-state index contributed by atoms with van der Waals surface area (Å²) in [7, 11) is -0.256. The number of nitrogens with one attached hydrogen (secondary N) is 1. The molecule has 0 spiro atoms. The Hall–Kier alpha value is -2.58. The highest BCUT2D eigenvalue weighted by atomic mass is 32.2. The van der Waals surface area contributed by atoms with Crippen LogP contribution in [0.15, 0.2) is 36.4 Å². The lowest BCUT2D eigenvalue weighted by Gasteiger charge is -2.28. The molecule has 7 nitrogen and oxygen atoms in total. The van der Waals surface area contributed by atoms with Gasteiger partial charge in [-0.2, -0.15) is 4.31 Å². The van der Waals surface area contributed by atoms with Gasteiger partial charge in [-0.25, -0.2) is 8.42 Å². The van der Waals surface area contributed by atoms with Crippen LogP contribution in [0.2, 0.25) is 0 Å². The number of carbonyl (C=O) groups is 1. The van der Waals surface area contributed by atoms with E-state index < -0.39 is 10.0 Å². The summed E-state index contributed by atoms with van der Waals surface area (Å²) in [5.41, 5.74) is 2.97. The smallest absolute Gasteiger partial charge is 0.259 e. The summed E-state index contributed by atoms with van der Waals surface area (Å²) < 4.78 is 36.9. The molecule has 1 heterocycles. The summed E-state index contributed by atoms with van der Waals surface area (Å²) in [6.07, 6.45) is 1.25. The zero-order valence-corrected chi connectivity index (χ0v) is 17.7. The highest BCUT2D eigenvalue weighted by Crippen LogP contribution is 2.31. The number of fused-ring (bicyclic) bond motifs is 1. The number of hydrogen-bond acceptors (Lipinski definition) is 5. The molecule has 1 aliphatic rings. The van der Waals surface area contributed by atoms with Crippen molar-refractivity contribution in [3.05, 3.63) is 53.1 Å². The van der Waals surface area contributed by atoms with Gasteiger partial charge in [0.25, 0.3) is 5.91 Å². The molecule has 29 heavy (non-hydrogen) atoms. The Morgan fingerprint density at radius 1 is 1.14 bits per heavy atom. The number of anilines is 1. The Bertz CT molecular complexity index is 1000. The number of ether oxygens (including phenoxy) is 2. The van der Waals surface area contributed by atoms with E-state index >= 15 is 0 Å². The van der Waals surface area contributed by atoms with E-state index in [1.54, 1.807) is 18.2 Å². The monoisotopic (exact) mass is 418 g/mol. The van der Waals surface area contributed by atoms with Gasteiger partial charge >= 0.3 is 0 Å². The summed E-state index contributed by atoms with van der Waals surface area (Å²) in [4.78, 5) is 12.8. The highest BCUT2D eigenvalue weighted by molar-refractivity contribution is 7.89. The van der Waals surface area contributed by atoms with Gasteiger partial charge in [0.05, 0.1) is 25.5 Å². The van der Waals surface area contributed by atoms with Gasteiger partial charge < -0.3 is 14.8 Å². The molecular weight excluding hydrogens is 392 g/mol. The SMILES string of the molecule is CCCS(=O)(=O)N1CCc2ccc(NC(=O)c3cccc(OC)c3OC)cc2C1. The van der Waals surface area contributed by atoms with E-state index in [1.807, 2.05) is 25.1 Å². The highest BCUT2D eigenvalue weighted by Gasteiger charge is 2.26. The lowest BCUT2D eigenvalue weighted by molar-refractivity contribution is 0.102. The van der Waals surface area contributed by atoms with E-state index in [4.69, 9.17) is 9.47 Å². The van der Waals surface area contributed by atoms with Crippen LogP contribution in [0.1, 0.15) is 34.8 Å². The Balaban J connectivity index is 1.82. The van der Waals surface area contributed by atoms with Crippen molar-refractivity contribution in [2.75, 3.05) is 31.8 Å². The maximum Gasteiger partial charge on any atom is 0.259 e. The van der Waals surface area contributed by atoms with Gasteiger partial charge in [-0.1, -0.05) is 19.1 Å². The first-order valence-corrected chi connectivity index (χ1v) is 11.1. The number of amides is 1. The number of benzene rings is 2. The third-order valence-electron chi connectivity index (χ3n) is 4.94. The predicted octanol–water partition coefficient (Wildman–Crippen LogP) is 3.05. The van der Waals surface area contributed by atoms with Crippen LogP contribution >= 0.6 is 0 Å². The maximum atomic E-state index is 12.8. The van der Waals surface area contributed by atoms with Crippen LogP contribution in [0, 0.1) is 0 Å². The van der Waals surface area contributed by atoms with E-state index in [1.165, 1.54) is 18.5 Å². The van der Waals surface area contributed by atoms with Crippen LogP contribution in [-0.4, -0.2) is 45.1 Å². The van der Waals surface area contributed by atoms with Crippen molar-refractivity contribution in [1.29, 1.82) is 0 Å². The average molecular weight is 419 g/mol. The van der Waals surface area contributed by atoms with Crippen molar-refractivity contribution in [3.8, 4) is 11.5 Å². The molecule has 0 radical (unpaired) electrons. The third-order valence-corrected chi connectivity index (χ3v) is 6.97. The van der Waals surface area contributed by atoms with Crippen molar-refractivity contribution in [2.24, 2.45) is 0 Å². The molecule has 1 N–H and O–H groups in total. The van der Waals surface area contributed by atoms with Gasteiger partial charge in [-0.05, 0) is 48.2 Å². The van der Waals surface area contributed by atoms with Crippen LogP contribution in [0.5, 0.6) is 11.5 Å². The quantitative estimate of drug-likeness (QED) is 0.747. The van der Waals surface area contributed by atoms with Gasteiger partial charge in [0.2, 0.25) is 10.0 Å². The number of carbonyl (C=O) groups excluding carboxylic acids is 1. The van der Waals surface area contributed by atoms with Crippen molar-refractivity contribution in [3.63, 3.8) is 0 Å². The van der Waals surface area contributed by atoms with Gasteiger partial charge in [0, 0.05) is 18.8 Å². The molecule has 8 heteroatoms. The largest absolute Gasteiger partial charge is 0.493 e. The Morgan fingerprint density at radius 3 is 2.62 bits per heavy atom. The molecule has 1 amide bonds. The normalized spacial score (nSPS) is 14.2. The standard InChI is InChI=1S/C21H26N2O5S/c1-4-12-29(25,26)23-11-10-15-8-9-17(13-16(15)14-23)22-21(24)18-6-5-7-19(27-2)20(18)28-3/h5-9,13H,4,10-12,14H2,1-3H3,(H,22,24). The van der Waals surface area contributed by atoms with Gasteiger partial charge in [-0.15, -0.1) is 0 Å². The Morgan fingerprint density at radius 2 is 1.93 bits per heavy atom. The van der Waals surface area contributed by atoms with Crippen LogP contribution < -0.4 is 14.8 Å². The minimum atomic E-state index is -3.26. The number of sulfonamides is 1. The molecule has 0 aliphatic carbocycles. The van der Waals surface area contributed by atoms with E-state index in [0.29, 0.717) is 48.7 Å². The summed E-state index contributed by atoms with van der Waals surface area (Å²) in [5, 5.41) is 2.87. The number of hydrogen-bond donors (Lipinski definition) is 1. The molecule has 0 bridgehead atoms.